The molecule has 0 saturated carbocycles. The lowest BCUT2D eigenvalue weighted by atomic mass is 10.1. The minimum atomic E-state index is -4.65. The summed E-state index contributed by atoms with van der Waals surface area (Å²) in [4.78, 5) is 22.9. The van der Waals surface area contributed by atoms with E-state index in [1.165, 1.54) is 14.0 Å². The number of alkyl halides is 5. The van der Waals surface area contributed by atoms with Crippen molar-refractivity contribution in [3.63, 3.8) is 0 Å². The lowest BCUT2D eigenvalue weighted by molar-refractivity contribution is -0.227. The van der Waals surface area contributed by atoms with Crippen LogP contribution in [0.5, 0.6) is 0 Å². The highest BCUT2D eigenvalue weighted by Crippen LogP contribution is 2.33. The smallest absolute Gasteiger partial charge is 0.414 e. The summed E-state index contributed by atoms with van der Waals surface area (Å²) in [6.07, 6.45) is -7.97. The number of hydrogen-bond donors (Lipinski definition) is 2. The van der Waals surface area contributed by atoms with Gasteiger partial charge in [0.2, 0.25) is 0 Å². The summed E-state index contributed by atoms with van der Waals surface area (Å²) < 4.78 is 103. The first-order valence-electron chi connectivity index (χ1n) is 15.3. The number of pyridine rings is 1. The van der Waals surface area contributed by atoms with Gasteiger partial charge in [0.15, 0.2) is 11.8 Å². The molecule has 0 bridgehead atoms. The molecular formula is C29H47F5N6O5SSi. The van der Waals surface area contributed by atoms with Crippen LogP contribution in [0.25, 0.3) is 11.2 Å². The van der Waals surface area contributed by atoms with E-state index in [0.29, 0.717) is 12.1 Å². The summed E-state index contributed by atoms with van der Waals surface area (Å²) in [7, 11) is -0.104. The highest BCUT2D eigenvalue weighted by molar-refractivity contribution is 7.90. The van der Waals surface area contributed by atoms with Crippen molar-refractivity contribution in [3.8, 4) is 0 Å². The molecule has 18 heteroatoms. The summed E-state index contributed by atoms with van der Waals surface area (Å²) in [5, 5.41) is 2.19. The highest BCUT2D eigenvalue weighted by atomic mass is 32.2. The zero-order valence-corrected chi connectivity index (χ0v) is 30.2. The Labute approximate surface area is 276 Å². The molecule has 1 fully saturated rings. The number of halogens is 5. The molecule has 3 heterocycles. The number of amides is 2. The molecule has 1 aliphatic heterocycles. The van der Waals surface area contributed by atoms with Crippen molar-refractivity contribution >= 4 is 36.6 Å². The third kappa shape index (κ3) is 10.7. The maximum Gasteiger partial charge on any atom is 0.414 e. The van der Waals surface area contributed by atoms with Gasteiger partial charge in [0, 0.05) is 33.2 Å². The number of fused-ring (bicyclic) bond motifs is 1. The van der Waals surface area contributed by atoms with E-state index in [-0.39, 0.29) is 30.5 Å². The summed E-state index contributed by atoms with van der Waals surface area (Å²) in [5.74, 6) is -3.03. The Kier molecular flexibility index (Phi) is 12.7. The number of urea groups is 1. The number of nitrogens with zero attached hydrogens (tertiary/aromatic N) is 4. The lowest BCUT2D eigenvalue weighted by Crippen LogP contribution is -2.58. The third-order valence-corrected chi connectivity index (χ3v) is 10.8. The van der Waals surface area contributed by atoms with Gasteiger partial charge in [-0.1, -0.05) is 19.6 Å². The van der Waals surface area contributed by atoms with Gasteiger partial charge in [-0.25, -0.2) is 23.5 Å². The van der Waals surface area contributed by atoms with Crippen LogP contribution in [-0.4, -0.2) is 101 Å². The Morgan fingerprint density at radius 3 is 2.40 bits per heavy atom. The van der Waals surface area contributed by atoms with Crippen molar-refractivity contribution < 1.29 is 45.5 Å². The van der Waals surface area contributed by atoms with Gasteiger partial charge in [-0.2, -0.15) is 13.2 Å². The van der Waals surface area contributed by atoms with Gasteiger partial charge >= 0.3 is 12.2 Å². The second kappa shape index (κ2) is 15.2. The molecule has 1 saturated heterocycles. The molecule has 268 valence electrons. The van der Waals surface area contributed by atoms with Crippen molar-refractivity contribution in [2.75, 3.05) is 33.4 Å². The van der Waals surface area contributed by atoms with Gasteiger partial charge in [0.05, 0.1) is 43.1 Å². The van der Waals surface area contributed by atoms with Crippen molar-refractivity contribution in [3.05, 3.63) is 23.7 Å². The molecule has 5 atom stereocenters. The molecule has 0 spiro atoms. The Morgan fingerprint density at radius 2 is 1.83 bits per heavy atom. The van der Waals surface area contributed by atoms with Gasteiger partial charge < -0.3 is 33.5 Å². The number of ether oxygens (including phenoxy) is 3. The summed E-state index contributed by atoms with van der Waals surface area (Å²) in [6.45, 7) is 12.6. The van der Waals surface area contributed by atoms with Gasteiger partial charge in [0.25, 0.3) is 5.92 Å². The standard InChI is InChI=1S/C29H47F5N6O5SSi/c1-18(45-19(2)29(32,33)34)23(38-46(42)27(3,4)5)25-37-24-21(40(25)17-44-12-13-47(7,8)9)11-10-20(36-24)22(14-43-6)39-16-28(30,31)15-35-26(39)41/h10-11,18-19,22-23,38H,12-17H2,1-9H3,(H,35,41)/t18-,19-,22-,23+,46?/m1/s1. The van der Waals surface area contributed by atoms with E-state index in [1.807, 2.05) is 0 Å². The highest BCUT2D eigenvalue weighted by Gasteiger charge is 2.44. The fourth-order valence-electron chi connectivity index (χ4n) is 4.69. The molecule has 1 aliphatic rings. The molecule has 0 radical (unpaired) electrons. The fraction of sp³-hybridized carbons (Fsp3) is 0.759. The summed E-state index contributed by atoms with van der Waals surface area (Å²) in [6, 6.07) is 1.18. The topological polar surface area (TPSA) is 126 Å². The molecule has 2 amide bonds. The molecule has 1 unspecified atom stereocenters. The first-order chi connectivity index (χ1) is 21.5. The molecule has 2 aromatic rings. The van der Waals surface area contributed by atoms with E-state index in [1.54, 1.807) is 37.5 Å². The molecule has 47 heavy (non-hydrogen) atoms. The average molecular weight is 715 g/mol. The van der Waals surface area contributed by atoms with Crippen LogP contribution >= 0.6 is 0 Å². The van der Waals surface area contributed by atoms with E-state index >= 15 is 0 Å². The van der Waals surface area contributed by atoms with Crippen LogP contribution in [0.3, 0.4) is 0 Å². The lowest BCUT2D eigenvalue weighted by Gasteiger charge is -2.37. The van der Waals surface area contributed by atoms with Crippen molar-refractivity contribution in [1.29, 1.82) is 0 Å². The molecule has 3 rings (SSSR count). The normalized spacial score (nSPS) is 19.4. The second-order valence-electron chi connectivity index (χ2n) is 13.9. The van der Waals surface area contributed by atoms with E-state index < -0.39 is 79.7 Å². The van der Waals surface area contributed by atoms with Gasteiger partial charge in [-0.15, -0.1) is 4.72 Å². The number of aromatic nitrogens is 3. The molecule has 2 N–H and O–H groups in total. The number of hydrogen-bond acceptors (Lipinski definition) is 8. The number of rotatable bonds is 15. The Bertz CT molecular complexity index is 1360. The van der Waals surface area contributed by atoms with Crippen LogP contribution in [-0.2, 0) is 32.3 Å². The van der Waals surface area contributed by atoms with Crippen LogP contribution in [0.2, 0.25) is 25.7 Å². The quantitative estimate of drug-likeness (QED) is 0.107. The number of carbonyl (C=O) groups excluding carboxylic acids is 1. The van der Waals surface area contributed by atoms with Crippen molar-refractivity contribution in [2.45, 2.75) is 108 Å². The maximum absolute atomic E-state index is 14.3. The van der Waals surface area contributed by atoms with E-state index in [2.05, 4.69) is 39.6 Å². The van der Waals surface area contributed by atoms with Crippen LogP contribution < -0.4 is 10.0 Å². The van der Waals surface area contributed by atoms with Crippen LogP contribution in [0.1, 0.15) is 58.2 Å². The SMILES string of the molecule is COC[C@H](c1ccc2c(n1)nc([C@@H](N[S+]([O-])C(C)(C)C)[C@@H](C)O[C@H](C)C(F)(F)F)n2COCC[Si](C)(C)C)N1CC(F)(F)CNC1=O. The Morgan fingerprint density at radius 1 is 1.17 bits per heavy atom. The number of imidazole rings is 1. The number of nitrogens with one attached hydrogen (secondary N) is 2. The van der Waals surface area contributed by atoms with Gasteiger partial charge in [0.1, 0.15) is 23.3 Å². The van der Waals surface area contributed by atoms with E-state index in [4.69, 9.17) is 14.2 Å². The van der Waals surface area contributed by atoms with Gasteiger partial charge in [-0.05, 0) is 52.8 Å². The second-order valence-corrected chi connectivity index (χ2v) is 21.6. The number of methoxy groups -OCH3 is 1. The molecule has 11 nitrogen and oxygen atoms in total. The summed E-state index contributed by atoms with van der Waals surface area (Å²) >= 11 is -1.76. The molecule has 2 aromatic heterocycles. The Hall–Kier alpha value is -2.09. The maximum atomic E-state index is 14.3. The molecule has 0 aliphatic carbocycles. The van der Waals surface area contributed by atoms with Crippen molar-refractivity contribution in [2.24, 2.45) is 0 Å². The van der Waals surface area contributed by atoms with Crippen LogP contribution in [0.4, 0.5) is 26.7 Å². The largest absolute Gasteiger partial charge is 0.598 e. The predicted molar refractivity (Wildman–Crippen MR) is 171 cm³/mol. The Balaban J connectivity index is 2.14. The van der Waals surface area contributed by atoms with Gasteiger partial charge in [-0.3, -0.25) is 0 Å². The van der Waals surface area contributed by atoms with Crippen LogP contribution in [0, 0.1) is 0 Å². The van der Waals surface area contributed by atoms with E-state index in [9.17, 15) is 31.3 Å². The molecule has 0 aromatic carbocycles. The monoisotopic (exact) mass is 714 g/mol. The predicted octanol–water partition coefficient (Wildman–Crippen LogP) is 5.54. The third-order valence-electron chi connectivity index (χ3n) is 7.50. The van der Waals surface area contributed by atoms with E-state index in [0.717, 1.165) is 17.9 Å². The average Bonchev–Trinajstić information content (AvgIpc) is 3.29. The first kappa shape index (κ1) is 39.3. The number of carbonyl (C=O) groups is 1. The minimum absolute atomic E-state index is 0.0541. The first-order valence-corrected chi connectivity index (χ1v) is 20.2. The van der Waals surface area contributed by atoms with Crippen LogP contribution in [0.15, 0.2) is 12.1 Å². The minimum Gasteiger partial charge on any atom is -0.598 e. The zero-order chi connectivity index (χ0) is 35.5. The fourth-order valence-corrected chi connectivity index (χ4v) is 6.33. The molecular weight excluding hydrogens is 667 g/mol. The van der Waals surface area contributed by atoms with Crippen molar-refractivity contribution in [1.82, 2.24) is 29.5 Å². The summed E-state index contributed by atoms with van der Waals surface area (Å²) in [5.41, 5.74) is 0.743. The zero-order valence-electron chi connectivity index (χ0n) is 28.3.